The van der Waals surface area contributed by atoms with E-state index >= 15 is 0 Å². The second-order valence-corrected chi connectivity index (χ2v) is 3.97. The van der Waals surface area contributed by atoms with Gasteiger partial charge in [0.25, 0.3) is 0 Å². The summed E-state index contributed by atoms with van der Waals surface area (Å²) in [6.07, 6.45) is 1.43. The Bertz CT molecular complexity index is 586. The fraction of sp³-hybridized carbons (Fsp3) is 0.0625. The molecule has 19 heavy (non-hydrogen) atoms. The normalized spacial score (nSPS) is 11.2. The van der Waals surface area contributed by atoms with E-state index in [4.69, 9.17) is 0 Å². The van der Waals surface area contributed by atoms with Gasteiger partial charge < -0.3 is 4.74 Å². The number of benzene rings is 2. The van der Waals surface area contributed by atoms with E-state index in [0.29, 0.717) is 16.7 Å². The van der Waals surface area contributed by atoms with Crippen molar-refractivity contribution in [2.24, 2.45) is 0 Å². The minimum atomic E-state index is -0.404. The van der Waals surface area contributed by atoms with Crippen molar-refractivity contribution in [3.8, 4) is 0 Å². The fourth-order valence-corrected chi connectivity index (χ4v) is 1.66. The third kappa shape index (κ3) is 3.28. The molecule has 96 valence electrons. The van der Waals surface area contributed by atoms with Gasteiger partial charge in [0.05, 0.1) is 12.7 Å². The Kier molecular flexibility index (Phi) is 4.08. The molecule has 0 heterocycles. The van der Waals surface area contributed by atoms with E-state index in [1.54, 1.807) is 48.5 Å². The zero-order valence-electron chi connectivity index (χ0n) is 10.5. The molecule has 0 amide bonds. The number of hydrogen-bond acceptors (Lipinski definition) is 2. The highest BCUT2D eigenvalue weighted by molar-refractivity contribution is 5.89. The van der Waals surface area contributed by atoms with E-state index < -0.39 is 5.97 Å². The number of hydrogen-bond donors (Lipinski definition) is 0. The Morgan fingerprint density at radius 3 is 2.21 bits per heavy atom. The number of carbonyl (C=O) groups is 1. The summed E-state index contributed by atoms with van der Waals surface area (Å²) < 4.78 is 18.5. The van der Waals surface area contributed by atoms with Crippen LogP contribution >= 0.6 is 0 Å². The first-order chi connectivity index (χ1) is 9.20. The summed E-state index contributed by atoms with van der Waals surface area (Å²) in [5.74, 6) is -0.717. The summed E-state index contributed by atoms with van der Waals surface area (Å²) in [5, 5.41) is 0. The van der Waals surface area contributed by atoms with Gasteiger partial charge in [0.15, 0.2) is 0 Å². The number of carbonyl (C=O) groups excluding carboxylic acids is 1. The Hall–Kier alpha value is -2.42. The van der Waals surface area contributed by atoms with E-state index in [1.807, 2.05) is 6.07 Å². The van der Waals surface area contributed by atoms with Crippen LogP contribution in [0.2, 0.25) is 0 Å². The molecule has 3 heteroatoms. The highest BCUT2D eigenvalue weighted by Crippen LogP contribution is 2.19. The zero-order valence-corrected chi connectivity index (χ0v) is 10.5. The van der Waals surface area contributed by atoms with Crippen LogP contribution in [0.1, 0.15) is 21.5 Å². The van der Waals surface area contributed by atoms with Crippen LogP contribution in [0.3, 0.4) is 0 Å². The molecule has 2 aromatic carbocycles. The van der Waals surface area contributed by atoms with Crippen LogP contribution in [-0.2, 0) is 4.74 Å². The molecule has 0 radical (unpaired) electrons. The zero-order chi connectivity index (χ0) is 13.7. The number of methoxy groups -OCH3 is 1. The summed E-state index contributed by atoms with van der Waals surface area (Å²) in [7, 11) is 1.32. The molecule has 0 aliphatic carbocycles. The molecule has 0 atom stereocenters. The molecule has 0 spiro atoms. The van der Waals surface area contributed by atoms with Gasteiger partial charge in [-0.25, -0.2) is 9.18 Å². The second kappa shape index (κ2) is 5.96. The molecular weight excluding hydrogens is 243 g/mol. The maximum absolute atomic E-state index is 13.9. The van der Waals surface area contributed by atoms with E-state index in [2.05, 4.69) is 4.74 Å². The first-order valence-corrected chi connectivity index (χ1v) is 5.81. The van der Waals surface area contributed by atoms with Crippen molar-refractivity contribution in [3.63, 3.8) is 0 Å². The lowest BCUT2D eigenvalue weighted by molar-refractivity contribution is 0.0601. The molecule has 0 N–H and O–H groups in total. The first kappa shape index (κ1) is 13.0. The average Bonchev–Trinajstić information content (AvgIpc) is 2.48. The van der Waals surface area contributed by atoms with Crippen molar-refractivity contribution < 1.29 is 13.9 Å². The van der Waals surface area contributed by atoms with Gasteiger partial charge in [0, 0.05) is 5.56 Å². The van der Waals surface area contributed by atoms with Crippen molar-refractivity contribution in [2.45, 2.75) is 0 Å². The summed E-state index contributed by atoms with van der Waals surface area (Å²) in [6, 6.07) is 15.4. The Balaban J connectivity index is 2.22. The predicted molar refractivity (Wildman–Crippen MR) is 73.2 cm³/mol. The molecule has 0 saturated heterocycles. The topological polar surface area (TPSA) is 26.3 Å². The van der Waals surface area contributed by atoms with Crippen molar-refractivity contribution >= 4 is 17.9 Å². The highest BCUT2D eigenvalue weighted by atomic mass is 19.1. The fourth-order valence-electron chi connectivity index (χ4n) is 1.66. The van der Waals surface area contributed by atoms with E-state index in [1.165, 1.54) is 13.2 Å². The summed E-state index contributed by atoms with van der Waals surface area (Å²) in [5.41, 5.74) is 1.66. The largest absolute Gasteiger partial charge is 0.465 e. The Morgan fingerprint density at radius 1 is 1.00 bits per heavy atom. The average molecular weight is 256 g/mol. The standard InChI is InChI=1S/C16H13FO2/c1-19-16(18)14-9-7-12(8-10-14)11-15(17)13-5-3-2-4-6-13/h2-11H,1H3/b15-11-. The molecule has 0 saturated carbocycles. The number of ether oxygens (including phenoxy) is 1. The van der Waals surface area contributed by atoms with Crippen LogP contribution in [0.4, 0.5) is 4.39 Å². The predicted octanol–water partition coefficient (Wildman–Crippen LogP) is 3.94. The van der Waals surface area contributed by atoms with E-state index in [-0.39, 0.29) is 5.83 Å². The number of rotatable bonds is 3. The lowest BCUT2D eigenvalue weighted by Gasteiger charge is -2.01. The van der Waals surface area contributed by atoms with Gasteiger partial charge in [0.2, 0.25) is 0 Å². The van der Waals surface area contributed by atoms with Crippen molar-refractivity contribution in [1.29, 1.82) is 0 Å². The van der Waals surface area contributed by atoms with Crippen LogP contribution in [0.15, 0.2) is 54.6 Å². The monoisotopic (exact) mass is 256 g/mol. The Labute approximate surface area is 111 Å². The van der Waals surface area contributed by atoms with Gasteiger partial charge in [-0.1, -0.05) is 42.5 Å². The van der Waals surface area contributed by atoms with Crippen LogP contribution in [0.25, 0.3) is 11.9 Å². The van der Waals surface area contributed by atoms with E-state index in [0.717, 1.165) is 0 Å². The number of halogens is 1. The lowest BCUT2D eigenvalue weighted by Crippen LogP contribution is -2.00. The molecule has 0 aliphatic rings. The molecular formula is C16H13FO2. The van der Waals surface area contributed by atoms with Crippen LogP contribution < -0.4 is 0 Å². The first-order valence-electron chi connectivity index (χ1n) is 5.81. The summed E-state index contributed by atoms with van der Waals surface area (Å²) >= 11 is 0. The minimum Gasteiger partial charge on any atom is -0.465 e. The van der Waals surface area contributed by atoms with Gasteiger partial charge in [-0.05, 0) is 23.8 Å². The lowest BCUT2D eigenvalue weighted by atomic mass is 10.1. The molecule has 0 aliphatic heterocycles. The molecule has 2 aromatic rings. The van der Waals surface area contributed by atoms with Crippen LogP contribution in [0, 0.1) is 0 Å². The Morgan fingerprint density at radius 2 is 1.63 bits per heavy atom. The van der Waals surface area contributed by atoms with Crippen molar-refractivity contribution in [1.82, 2.24) is 0 Å². The maximum atomic E-state index is 13.9. The SMILES string of the molecule is COC(=O)c1ccc(/C=C(\F)c2ccccc2)cc1. The van der Waals surface area contributed by atoms with Crippen LogP contribution in [0.5, 0.6) is 0 Å². The van der Waals surface area contributed by atoms with Gasteiger partial charge in [-0.15, -0.1) is 0 Å². The quantitative estimate of drug-likeness (QED) is 0.614. The maximum Gasteiger partial charge on any atom is 0.337 e. The third-order valence-electron chi connectivity index (χ3n) is 2.67. The van der Waals surface area contributed by atoms with Crippen molar-refractivity contribution in [2.75, 3.05) is 7.11 Å². The van der Waals surface area contributed by atoms with Gasteiger partial charge >= 0.3 is 5.97 Å². The van der Waals surface area contributed by atoms with Gasteiger partial charge in [0.1, 0.15) is 5.83 Å². The molecule has 0 bridgehead atoms. The molecule has 2 rings (SSSR count). The van der Waals surface area contributed by atoms with Crippen LogP contribution in [-0.4, -0.2) is 13.1 Å². The molecule has 0 aromatic heterocycles. The number of esters is 1. The third-order valence-corrected chi connectivity index (χ3v) is 2.67. The van der Waals surface area contributed by atoms with Gasteiger partial charge in [-0.3, -0.25) is 0 Å². The summed E-state index contributed by atoms with van der Waals surface area (Å²) in [4.78, 5) is 11.3. The minimum absolute atomic E-state index is 0.314. The summed E-state index contributed by atoms with van der Waals surface area (Å²) in [6.45, 7) is 0. The molecule has 0 unspecified atom stereocenters. The van der Waals surface area contributed by atoms with Gasteiger partial charge in [-0.2, -0.15) is 0 Å². The van der Waals surface area contributed by atoms with E-state index in [9.17, 15) is 9.18 Å². The molecule has 0 fully saturated rings. The second-order valence-electron chi connectivity index (χ2n) is 3.97. The molecule has 2 nitrogen and oxygen atoms in total. The highest BCUT2D eigenvalue weighted by Gasteiger charge is 2.04. The smallest absolute Gasteiger partial charge is 0.337 e. The van der Waals surface area contributed by atoms with Crippen molar-refractivity contribution in [3.05, 3.63) is 71.3 Å².